The molecule has 2 heterocycles. The van der Waals surface area contributed by atoms with Crippen LogP contribution in [0.4, 0.5) is 0 Å². The summed E-state index contributed by atoms with van der Waals surface area (Å²) in [7, 11) is 0. The van der Waals surface area contributed by atoms with Crippen molar-refractivity contribution in [2.45, 2.75) is 45.6 Å². The Balaban J connectivity index is 1.64. The van der Waals surface area contributed by atoms with Crippen LogP contribution in [0.25, 0.3) is 33.2 Å². The molecule has 36 heavy (non-hydrogen) atoms. The van der Waals surface area contributed by atoms with Gasteiger partial charge in [0.15, 0.2) is 0 Å². The Hall–Kier alpha value is -3.39. The smallest absolute Gasteiger partial charge is 0.138 e. The second-order valence-electron chi connectivity index (χ2n) is 9.67. The molecule has 0 bridgehead atoms. The molecule has 1 unspecified atom stereocenters. The molecule has 1 aliphatic rings. The maximum atomic E-state index is 9.69. The van der Waals surface area contributed by atoms with Gasteiger partial charge in [0.05, 0.1) is 28.8 Å². The Morgan fingerprint density at radius 2 is 1.83 bits per heavy atom. The lowest BCUT2D eigenvalue weighted by Crippen LogP contribution is -2.35. The molecular formula is C31H30ClN3O. The van der Waals surface area contributed by atoms with Crippen LogP contribution in [0.3, 0.4) is 0 Å². The number of nitrogens with one attached hydrogen (secondary N) is 1. The monoisotopic (exact) mass is 495 g/mol. The lowest BCUT2D eigenvalue weighted by Gasteiger charge is -2.24. The average molecular weight is 496 g/mol. The maximum absolute atomic E-state index is 9.69. The first-order valence-corrected chi connectivity index (χ1v) is 13.0. The van der Waals surface area contributed by atoms with Gasteiger partial charge >= 0.3 is 0 Å². The molecule has 1 atom stereocenters. The molecule has 1 N–H and O–H groups in total. The van der Waals surface area contributed by atoms with Gasteiger partial charge in [-0.05, 0) is 63.4 Å². The van der Waals surface area contributed by atoms with Gasteiger partial charge in [-0.2, -0.15) is 5.26 Å². The predicted molar refractivity (Wildman–Crippen MR) is 148 cm³/mol. The number of halogens is 1. The number of ether oxygens (including phenoxy) is 1. The van der Waals surface area contributed by atoms with Gasteiger partial charge in [-0.1, -0.05) is 65.5 Å². The molecular weight excluding hydrogens is 466 g/mol. The van der Waals surface area contributed by atoms with E-state index < -0.39 is 0 Å². The molecule has 182 valence electrons. The Kier molecular flexibility index (Phi) is 7.23. The zero-order chi connectivity index (χ0) is 25.1. The van der Waals surface area contributed by atoms with Crippen LogP contribution in [-0.4, -0.2) is 24.2 Å². The number of aryl methyl sites for hydroxylation is 2. The highest BCUT2D eigenvalue weighted by Crippen LogP contribution is 2.41. The van der Waals surface area contributed by atoms with Gasteiger partial charge in [-0.25, -0.2) is 0 Å². The Morgan fingerprint density at radius 3 is 2.58 bits per heavy atom. The van der Waals surface area contributed by atoms with Crippen LogP contribution in [-0.2, 0) is 0 Å². The number of hydrogen-bond donors (Lipinski definition) is 1. The molecule has 0 spiro atoms. The minimum absolute atomic E-state index is 0.490. The predicted octanol–water partition coefficient (Wildman–Crippen LogP) is 7.62. The van der Waals surface area contributed by atoms with Crippen molar-refractivity contribution in [1.82, 2.24) is 10.3 Å². The van der Waals surface area contributed by atoms with Crippen LogP contribution in [0.15, 0.2) is 60.8 Å². The molecule has 4 nitrogen and oxygen atoms in total. The molecule has 0 radical (unpaired) electrons. The number of nitriles is 1. The summed E-state index contributed by atoms with van der Waals surface area (Å²) in [5, 5.41) is 14.8. The third-order valence-electron chi connectivity index (χ3n) is 6.90. The number of rotatable bonds is 6. The standard InChI is InChI=1S/C31H30ClN3O/c1-20-13-21(2)15-23(14-20)28-19-35-30-17-29(32)26(25-9-4-3-7-22(25)18-33)16-27(30)31(28)36-12-10-24-8-5-6-11-34-24/h3-4,7,9,13-17,19,24,34H,5-6,8,10-12H2,1-2H3. The molecule has 1 aromatic heterocycles. The van der Waals surface area contributed by atoms with Gasteiger partial charge in [-0.3, -0.25) is 4.98 Å². The highest BCUT2D eigenvalue weighted by molar-refractivity contribution is 6.34. The number of nitrogens with zero attached hydrogens (tertiary/aromatic N) is 2. The van der Waals surface area contributed by atoms with E-state index in [4.69, 9.17) is 21.3 Å². The highest BCUT2D eigenvalue weighted by atomic mass is 35.5. The normalized spacial score (nSPS) is 15.6. The molecule has 1 aliphatic heterocycles. The summed E-state index contributed by atoms with van der Waals surface area (Å²) in [6.07, 6.45) is 6.55. The van der Waals surface area contributed by atoms with Gasteiger partial charge in [0, 0.05) is 34.3 Å². The van der Waals surface area contributed by atoms with Crippen molar-refractivity contribution in [1.29, 1.82) is 5.26 Å². The van der Waals surface area contributed by atoms with Gasteiger partial charge in [0.2, 0.25) is 0 Å². The lowest BCUT2D eigenvalue weighted by atomic mass is 9.96. The number of pyridine rings is 1. The van der Waals surface area contributed by atoms with Crippen molar-refractivity contribution >= 4 is 22.5 Å². The van der Waals surface area contributed by atoms with E-state index in [0.29, 0.717) is 23.2 Å². The molecule has 4 aromatic rings. The SMILES string of the molecule is Cc1cc(C)cc(-c2cnc3cc(Cl)c(-c4ccccc4C#N)cc3c2OCCC2CCCCN2)c1. The van der Waals surface area contributed by atoms with Crippen molar-refractivity contribution in [3.8, 4) is 34.1 Å². The first-order chi connectivity index (χ1) is 17.5. The Morgan fingerprint density at radius 1 is 1.03 bits per heavy atom. The van der Waals surface area contributed by atoms with Crippen LogP contribution in [0.2, 0.25) is 5.02 Å². The molecule has 3 aromatic carbocycles. The second kappa shape index (κ2) is 10.7. The fourth-order valence-corrected chi connectivity index (χ4v) is 5.44. The zero-order valence-electron chi connectivity index (χ0n) is 20.8. The van der Waals surface area contributed by atoms with Crippen LogP contribution in [0.5, 0.6) is 5.75 Å². The van der Waals surface area contributed by atoms with E-state index in [9.17, 15) is 5.26 Å². The summed E-state index contributed by atoms with van der Waals surface area (Å²) in [6.45, 7) is 5.91. The van der Waals surface area contributed by atoms with Crippen molar-refractivity contribution in [2.75, 3.05) is 13.2 Å². The molecule has 5 heteroatoms. The van der Waals surface area contributed by atoms with Crippen molar-refractivity contribution < 1.29 is 4.74 Å². The number of fused-ring (bicyclic) bond motifs is 1. The number of benzene rings is 3. The maximum Gasteiger partial charge on any atom is 0.138 e. The third-order valence-corrected chi connectivity index (χ3v) is 7.22. The van der Waals surface area contributed by atoms with Crippen molar-refractivity contribution in [2.24, 2.45) is 0 Å². The van der Waals surface area contributed by atoms with E-state index in [2.05, 4.69) is 43.4 Å². The zero-order valence-corrected chi connectivity index (χ0v) is 21.5. The Bertz CT molecular complexity index is 1430. The fourth-order valence-electron chi connectivity index (χ4n) is 5.18. The number of aromatic nitrogens is 1. The van der Waals surface area contributed by atoms with Crippen LogP contribution in [0.1, 0.15) is 42.4 Å². The van der Waals surface area contributed by atoms with E-state index >= 15 is 0 Å². The first-order valence-electron chi connectivity index (χ1n) is 12.6. The van der Waals surface area contributed by atoms with Crippen LogP contribution in [0, 0.1) is 25.2 Å². The summed E-state index contributed by atoms with van der Waals surface area (Å²) >= 11 is 6.72. The molecule has 1 saturated heterocycles. The van der Waals surface area contributed by atoms with Crippen LogP contribution < -0.4 is 10.1 Å². The van der Waals surface area contributed by atoms with Crippen molar-refractivity contribution in [3.63, 3.8) is 0 Å². The number of hydrogen-bond acceptors (Lipinski definition) is 4. The van der Waals surface area contributed by atoms with Gasteiger partial charge in [0.25, 0.3) is 0 Å². The lowest BCUT2D eigenvalue weighted by molar-refractivity contribution is 0.271. The van der Waals surface area contributed by atoms with Gasteiger partial charge < -0.3 is 10.1 Å². The average Bonchev–Trinajstić information content (AvgIpc) is 2.88. The first kappa shape index (κ1) is 24.3. The summed E-state index contributed by atoms with van der Waals surface area (Å²) in [4.78, 5) is 4.77. The highest BCUT2D eigenvalue weighted by Gasteiger charge is 2.19. The summed E-state index contributed by atoms with van der Waals surface area (Å²) < 4.78 is 6.59. The third kappa shape index (κ3) is 5.09. The minimum Gasteiger partial charge on any atom is -0.492 e. The van der Waals surface area contributed by atoms with Gasteiger partial charge in [-0.15, -0.1) is 0 Å². The second-order valence-corrected chi connectivity index (χ2v) is 10.1. The van der Waals surface area contributed by atoms with Crippen LogP contribution >= 0.6 is 11.6 Å². The Labute approximate surface area is 217 Å². The summed E-state index contributed by atoms with van der Waals surface area (Å²) in [5.41, 5.74) is 7.42. The van der Waals surface area contributed by atoms with E-state index in [-0.39, 0.29) is 0 Å². The summed E-state index contributed by atoms with van der Waals surface area (Å²) in [6, 6.07) is 20.7. The fraction of sp³-hybridized carbons (Fsp3) is 0.290. The topological polar surface area (TPSA) is 57.9 Å². The van der Waals surface area contributed by atoms with E-state index in [0.717, 1.165) is 51.9 Å². The quantitative estimate of drug-likeness (QED) is 0.299. The summed E-state index contributed by atoms with van der Waals surface area (Å²) in [5.74, 6) is 0.813. The number of piperidine rings is 1. The molecule has 5 rings (SSSR count). The van der Waals surface area contributed by atoms with E-state index in [1.54, 1.807) is 0 Å². The van der Waals surface area contributed by atoms with Gasteiger partial charge in [0.1, 0.15) is 5.75 Å². The largest absolute Gasteiger partial charge is 0.492 e. The minimum atomic E-state index is 0.490. The van der Waals surface area contributed by atoms with E-state index in [1.807, 2.05) is 42.6 Å². The van der Waals surface area contributed by atoms with Crippen molar-refractivity contribution in [3.05, 3.63) is 82.5 Å². The molecule has 1 fully saturated rings. The van der Waals surface area contributed by atoms with E-state index in [1.165, 1.54) is 30.4 Å². The molecule has 0 aliphatic carbocycles. The molecule has 0 saturated carbocycles. The molecule has 0 amide bonds.